The molecule has 0 nitrogen and oxygen atoms in total. The minimum Gasteiger partial charge on any atom is -0.0891 e. The van der Waals surface area contributed by atoms with Crippen molar-refractivity contribution >= 4 is 11.6 Å². The fraction of sp³-hybridized carbons (Fsp3) is 0.538. The number of hydrogen-bond acceptors (Lipinski definition) is 0. The van der Waals surface area contributed by atoms with E-state index in [0.717, 1.165) is 23.8 Å². The molecule has 0 aromatic rings. The number of allylic oxidation sites excluding steroid dienone is 6. The van der Waals surface area contributed by atoms with E-state index in [9.17, 15) is 0 Å². The Morgan fingerprint density at radius 2 is 2.21 bits per heavy atom. The standard InChI is InChI=1S/C13H17Cl/c1-3-12-9(2)4-5-10-8-11(14)6-7-13(10)12/h5,8-9H,3-4,6-7H2,1-2H3. The van der Waals surface area contributed by atoms with Gasteiger partial charge in [-0.25, -0.2) is 0 Å². The van der Waals surface area contributed by atoms with Gasteiger partial charge in [0.2, 0.25) is 0 Å². The molecule has 1 heteroatoms. The molecule has 0 N–H and O–H groups in total. The smallest absolute Gasteiger partial charge is 0.0190 e. The molecule has 0 heterocycles. The highest BCUT2D eigenvalue weighted by Gasteiger charge is 2.21. The molecule has 0 saturated heterocycles. The molecule has 0 aliphatic heterocycles. The zero-order chi connectivity index (χ0) is 10.1. The maximum atomic E-state index is 6.06. The molecular weight excluding hydrogens is 192 g/mol. The molecule has 2 rings (SSSR count). The molecule has 0 aromatic heterocycles. The van der Waals surface area contributed by atoms with Crippen LogP contribution in [-0.4, -0.2) is 0 Å². The number of halogens is 1. The molecule has 0 bridgehead atoms. The van der Waals surface area contributed by atoms with Crippen molar-refractivity contribution in [2.75, 3.05) is 0 Å². The molecule has 2 aliphatic carbocycles. The van der Waals surface area contributed by atoms with Crippen LogP contribution in [0.25, 0.3) is 0 Å². The van der Waals surface area contributed by atoms with E-state index in [0.29, 0.717) is 0 Å². The van der Waals surface area contributed by atoms with Crippen molar-refractivity contribution < 1.29 is 0 Å². The highest BCUT2D eigenvalue weighted by molar-refractivity contribution is 6.29. The summed E-state index contributed by atoms with van der Waals surface area (Å²) in [7, 11) is 0. The second-order valence-corrected chi connectivity index (χ2v) is 4.73. The average molecular weight is 209 g/mol. The normalized spacial score (nSPS) is 26.9. The van der Waals surface area contributed by atoms with Gasteiger partial charge in [-0.1, -0.05) is 37.1 Å². The highest BCUT2D eigenvalue weighted by atomic mass is 35.5. The van der Waals surface area contributed by atoms with Crippen molar-refractivity contribution in [1.29, 1.82) is 0 Å². The van der Waals surface area contributed by atoms with Gasteiger partial charge in [0.15, 0.2) is 0 Å². The molecule has 0 fully saturated rings. The summed E-state index contributed by atoms with van der Waals surface area (Å²) < 4.78 is 0. The molecule has 0 aromatic carbocycles. The lowest BCUT2D eigenvalue weighted by molar-refractivity contribution is 0.635. The molecule has 1 atom stereocenters. The van der Waals surface area contributed by atoms with Crippen molar-refractivity contribution in [3.63, 3.8) is 0 Å². The van der Waals surface area contributed by atoms with Gasteiger partial charge in [0.05, 0.1) is 0 Å². The highest BCUT2D eigenvalue weighted by Crippen LogP contribution is 2.39. The lowest BCUT2D eigenvalue weighted by Crippen LogP contribution is -2.11. The van der Waals surface area contributed by atoms with E-state index in [1.54, 1.807) is 11.1 Å². The summed E-state index contributed by atoms with van der Waals surface area (Å²) in [5.74, 6) is 0.740. The second kappa shape index (κ2) is 3.94. The van der Waals surface area contributed by atoms with E-state index in [1.807, 2.05) is 0 Å². The lowest BCUT2D eigenvalue weighted by atomic mass is 9.79. The SMILES string of the molecule is CCC1=C2CCC(Cl)=CC2=CCC1C. The monoisotopic (exact) mass is 208 g/mol. The van der Waals surface area contributed by atoms with Crippen molar-refractivity contribution in [3.05, 3.63) is 33.9 Å². The largest absolute Gasteiger partial charge is 0.0891 e. The molecule has 0 amide bonds. The van der Waals surface area contributed by atoms with Gasteiger partial charge >= 0.3 is 0 Å². The Labute approximate surface area is 91.3 Å². The van der Waals surface area contributed by atoms with E-state index >= 15 is 0 Å². The van der Waals surface area contributed by atoms with Crippen LogP contribution in [0.1, 0.15) is 39.5 Å². The molecule has 2 aliphatic rings. The first-order valence-electron chi connectivity index (χ1n) is 5.51. The molecule has 1 unspecified atom stereocenters. The summed E-state index contributed by atoms with van der Waals surface area (Å²) >= 11 is 6.06. The van der Waals surface area contributed by atoms with Crippen LogP contribution in [0.3, 0.4) is 0 Å². The van der Waals surface area contributed by atoms with Gasteiger partial charge in [0.25, 0.3) is 0 Å². The molecule has 0 saturated carbocycles. The third-order valence-corrected chi connectivity index (χ3v) is 3.63. The Balaban J connectivity index is 2.41. The zero-order valence-electron chi connectivity index (χ0n) is 8.94. The predicted octanol–water partition coefficient (Wildman–Crippen LogP) is 4.58. The number of hydrogen-bond donors (Lipinski definition) is 0. The van der Waals surface area contributed by atoms with Gasteiger partial charge in [-0.15, -0.1) is 0 Å². The first-order valence-corrected chi connectivity index (χ1v) is 5.88. The summed E-state index contributed by atoms with van der Waals surface area (Å²) in [6.45, 7) is 4.60. The minimum absolute atomic E-state index is 0.740. The van der Waals surface area contributed by atoms with Gasteiger partial charge in [-0.2, -0.15) is 0 Å². The van der Waals surface area contributed by atoms with E-state index in [1.165, 1.54) is 18.4 Å². The summed E-state index contributed by atoms with van der Waals surface area (Å²) in [6.07, 6.45) is 9.06. The first kappa shape index (κ1) is 10.0. The van der Waals surface area contributed by atoms with Gasteiger partial charge in [-0.3, -0.25) is 0 Å². The molecule has 14 heavy (non-hydrogen) atoms. The zero-order valence-corrected chi connectivity index (χ0v) is 9.69. The van der Waals surface area contributed by atoms with Gasteiger partial charge in [-0.05, 0) is 48.8 Å². The summed E-state index contributed by atoms with van der Waals surface area (Å²) in [5, 5.41) is 1.02. The van der Waals surface area contributed by atoms with Crippen LogP contribution in [0.15, 0.2) is 33.9 Å². The topological polar surface area (TPSA) is 0 Å². The summed E-state index contributed by atoms with van der Waals surface area (Å²) in [6, 6.07) is 0. The Morgan fingerprint density at radius 1 is 1.43 bits per heavy atom. The summed E-state index contributed by atoms with van der Waals surface area (Å²) in [4.78, 5) is 0. The Bertz CT molecular complexity index is 331. The molecule has 76 valence electrons. The predicted molar refractivity (Wildman–Crippen MR) is 62.4 cm³/mol. The summed E-state index contributed by atoms with van der Waals surface area (Å²) in [5.41, 5.74) is 4.63. The van der Waals surface area contributed by atoms with E-state index in [2.05, 4.69) is 26.0 Å². The fourth-order valence-electron chi connectivity index (χ4n) is 2.55. The van der Waals surface area contributed by atoms with Crippen molar-refractivity contribution in [2.45, 2.75) is 39.5 Å². The molecule has 0 radical (unpaired) electrons. The van der Waals surface area contributed by atoms with Crippen LogP contribution in [-0.2, 0) is 0 Å². The minimum atomic E-state index is 0.740. The van der Waals surface area contributed by atoms with Crippen LogP contribution >= 0.6 is 11.6 Å². The fourth-order valence-corrected chi connectivity index (χ4v) is 2.76. The van der Waals surface area contributed by atoms with Crippen LogP contribution in [0.5, 0.6) is 0 Å². The van der Waals surface area contributed by atoms with Gasteiger partial charge in [0.1, 0.15) is 0 Å². The van der Waals surface area contributed by atoms with Crippen LogP contribution in [0, 0.1) is 5.92 Å². The lowest BCUT2D eigenvalue weighted by Gasteiger charge is -2.27. The van der Waals surface area contributed by atoms with Crippen molar-refractivity contribution in [2.24, 2.45) is 5.92 Å². The number of rotatable bonds is 1. The first-order chi connectivity index (χ1) is 6.72. The van der Waals surface area contributed by atoms with E-state index in [-0.39, 0.29) is 0 Å². The maximum Gasteiger partial charge on any atom is 0.0190 e. The molecular formula is C13H17Cl. The van der Waals surface area contributed by atoms with E-state index < -0.39 is 0 Å². The van der Waals surface area contributed by atoms with Crippen LogP contribution in [0.2, 0.25) is 0 Å². The quantitative estimate of drug-likeness (QED) is 0.592. The third-order valence-electron chi connectivity index (χ3n) is 3.33. The third kappa shape index (κ3) is 1.68. The Hall–Kier alpha value is -0.490. The Morgan fingerprint density at radius 3 is 2.93 bits per heavy atom. The van der Waals surface area contributed by atoms with E-state index in [4.69, 9.17) is 11.6 Å². The molecule has 0 spiro atoms. The number of fused-ring (bicyclic) bond motifs is 1. The van der Waals surface area contributed by atoms with Crippen LogP contribution < -0.4 is 0 Å². The van der Waals surface area contributed by atoms with Crippen molar-refractivity contribution in [1.82, 2.24) is 0 Å². The Kier molecular flexibility index (Phi) is 2.83. The maximum absolute atomic E-state index is 6.06. The second-order valence-electron chi connectivity index (χ2n) is 4.24. The average Bonchev–Trinajstić information content (AvgIpc) is 2.18. The van der Waals surface area contributed by atoms with Crippen LogP contribution in [0.4, 0.5) is 0 Å². The van der Waals surface area contributed by atoms with Gasteiger partial charge in [0, 0.05) is 5.03 Å². The van der Waals surface area contributed by atoms with Gasteiger partial charge < -0.3 is 0 Å². The van der Waals surface area contributed by atoms with Crippen molar-refractivity contribution in [3.8, 4) is 0 Å².